The number of aliphatic hydroxyl groups excluding tert-OH is 1. The molecule has 0 radical (unpaired) electrons. The highest BCUT2D eigenvalue weighted by Crippen LogP contribution is 2.45. The van der Waals surface area contributed by atoms with E-state index in [0.29, 0.717) is 25.7 Å². The maximum absolute atomic E-state index is 13.2. The second-order valence-electron chi connectivity index (χ2n) is 32.2. The van der Waals surface area contributed by atoms with Crippen molar-refractivity contribution >= 4 is 39.5 Å². The first-order valence-corrected chi connectivity index (χ1v) is 49.2. The Bertz CT molecular complexity index is 2050. The largest absolute Gasteiger partial charge is 0.472 e. The standard InChI is InChI=1S/C89H174O17P2/c1-6-10-13-16-19-22-25-27-29-30-31-32-33-37-41-44-48-53-58-63-68-73-87(92)100-79-85(106-89(94)75-70-65-60-55-50-46-42-38-35-34-36-40-43-47-51-56-61-66-71-82(5)9-4)81-104-108(97,98)102-77-83(90)76-101-107(95,96)103-80-84(78-99-86(91)72-67-62-57-52-24-21-18-15-12-8-3)105-88(93)74-69-64-59-54-49-45-39-28-26-23-20-17-14-11-7-2/h82-85,90H,6-81H2,1-5H3,(H,95,96)(H,97,98)/t82?,83-,84+,85+/m0/s1. The summed E-state index contributed by atoms with van der Waals surface area (Å²) in [5.74, 6) is -1.23. The first kappa shape index (κ1) is 106. The molecule has 3 N–H and O–H groups in total. The van der Waals surface area contributed by atoms with Crippen molar-refractivity contribution in [1.29, 1.82) is 0 Å². The minimum atomic E-state index is -4.97. The SMILES string of the molecule is CCCCCCCCCCCCCCCCCCCCCCCC(=O)OC[C@H](COP(=O)(O)OC[C@@H](O)COP(=O)(O)OC[C@@H](COC(=O)CCCCCCCCCCCC)OC(=O)CCCCCCCCCCCCCCCCC)OC(=O)CCCCCCCCCCCCCCCCCCCCC(C)CC. The number of hydrogen-bond acceptors (Lipinski definition) is 15. The lowest BCUT2D eigenvalue weighted by molar-refractivity contribution is -0.161. The topological polar surface area (TPSA) is 237 Å². The fourth-order valence-electron chi connectivity index (χ4n) is 14.0. The van der Waals surface area contributed by atoms with E-state index in [-0.39, 0.29) is 25.7 Å². The summed E-state index contributed by atoms with van der Waals surface area (Å²) >= 11 is 0. The summed E-state index contributed by atoms with van der Waals surface area (Å²) in [6.07, 6.45) is 76.4. The number of unbranched alkanes of at least 4 members (excludes halogenated alkanes) is 60. The van der Waals surface area contributed by atoms with E-state index in [4.69, 9.17) is 37.0 Å². The lowest BCUT2D eigenvalue weighted by atomic mass is 9.99. The van der Waals surface area contributed by atoms with Crippen LogP contribution in [0.1, 0.15) is 484 Å². The van der Waals surface area contributed by atoms with Crippen LogP contribution in [-0.2, 0) is 65.4 Å². The van der Waals surface area contributed by atoms with Crippen LogP contribution in [0.25, 0.3) is 0 Å². The second-order valence-corrected chi connectivity index (χ2v) is 35.1. The van der Waals surface area contributed by atoms with Crippen molar-refractivity contribution in [3.8, 4) is 0 Å². The van der Waals surface area contributed by atoms with Gasteiger partial charge in [0.15, 0.2) is 12.2 Å². The van der Waals surface area contributed by atoms with Gasteiger partial charge in [0.05, 0.1) is 26.4 Å². The second kappa shape index (κ2) is 81.6. The third-order valence-electron chi connectivity index (χ3n) is 21.4. The fraction of sp³-hybridized carbons (Fsp3) is 0.955. The molecule has 108 heavy (non-hydrogen) atoms. The minimum Gasteiger partial charge on any atom is -0.462 e. The van der Waals surface area contributed by atoms with E-state index >= 15 is 0 Å². The van der Waals surface area contributed by atoms with Crippen LogP contribution in [0, 0.1) is 5.92 Å². The van der Waals surface area contributed by atoms with Crippen LogP contribution < -0.4 is 0 Å². The third-order valence-corrected chi connectivity index (χ3v) is 23.3. The number of ether oxygens (including phenoxy) is 4. The van der Waals surface area contributed by atoms with E-state index in [0.717, 1.165) is 95.8 Å². The molecule has 0 fully saturated rings. The summed E-state index contributed by atoms with van der Waals surface area (Å²) in [7, 11) is -9.93. The van der Waals surface area contributed by atoms with Gasteiger partial charge in [-0.2, -0.15) is 0 Å². The number of carbonyl (C=O) groups is 4. The molecule has 642 valence electrons. The van der Waals surface area contributed by atoms with Gasteiger partial charge in [-0.15, -0.1) is 0 Å². The normalized spacial score (nSPS) is 14.0. The molecule has 0 aromatic rings. The number of rotatable bonds is 89. The van der Waals surface area contributed by atoms with Crippen LogP contribution in [-0.4, -0.2) is 96.7 Å². The fourth-order valence-corrected chi connectivity index (χ4v) is 15.5. The number of hydrogen-bond donors (Lipinski definition) is 3. The zero-order chi connectivity index (χ0) is 79.0. The summed E-state index contributed by atoms with van der Waals surface area (Å²) < 4.78 is 69.0. The van der Waals surface area contributed by atoms with E-state index in [9.17, 15) is 43.2 Å². The first-order chi connectivity index (χ1) is 52.6. The van der Waals surface area contributed by atoms with Gasteiger partial charge in [0.1, 0.15) is 19.3 Å². The van der Waals surface area contributed by atoms with Crippen LogP contribution in [0.4, 0.5) is 0 Å². The summed E-state index contributed by atoms with van der Waals surface area (Å²) in [5, 5.41) is 10.7. The molecule has 6 atom stereocenters. The average Bonchev–Trinajstić information content (AvgIpc) is 0.901. The number of aliphatic hydroxyl groups is 1. The third kappa shape index (κ3) is 80.7. The Labute approximate surface area is 664 Å². The molecule has 19 heteroatoms. The molecule has 0 spiro atoms. The van der Waals surface area contributed by atoms with Crippen molar-refractivity contribution in [1.82, 2.24) is 0 Å². The van der Waals surface area contributed by atoms with Crippen LogP contribution in [0.2, 0.25) is 0 Å². The maximum atomic E-state index is 13.2. The van der Waals surface area contributed by atoms with Crippen molar-refractivity contribution in [3.63, 3.8) is 0 Å². The first-order valence-electron chi connectivity index (χ1n) is 46.2. The molecule has 0 rings (SSSR count). The molecule has 0 aromatic carbocycles. The average molecular weight is 1580 g/mol. The molecular weight excluding hydrogens is 1400 g/mol. The molecular formula is C89H174O17P2. The van der Waals surface area contributed by atoms with E-state index < -0.39 is 97.5 Å². The van der Waals surface area contributed by atoms with Crippen molar-refractivity contribution in [3.05, 3.63) is 0 Å². The molecule has 0 amide bonds. The lowest BCUT2D eigenvalue weighted by Gasteiger charge is -2.21. The minimum absolute atomic E-state index is 0.109. The summed E-state index contributed by atoms with van der Waals surface area (Å²) in [6.45, 7) is 7.44. The highest BCUT2D eigenvalue weighted by atomic mass is 31.2. The zero-order valence-corrected chi connectivity index (χ0v) is 72.8. The number of carbonyl (C=O) groups excluding carboxylic acids is 4. The number of phosphoric ester groups is 2. The highest BCUT2D eigenvalue weighted by molar-refractivity contribution is 7.47. The summed E-state index contributed by atoms with van der Waals surface area (Å²) in [4.78, 5) is 73.3. The molecule has 0 saturated heterocycles. The van der Waals surface area contributed by atoms with Gasteiger partial charge in [-0.3, -0.25) is 37.3 Å². The van der Waals surface area contributed by atoms with Crippen LogP contribution >= 0.6 is 15.6 Å². The van der Waals surface area contributed by atoms with Crippen molar-refractivity contribution in [2.24, 2.45) is 5.92 Å². The van der Waals surface area contributed by atoms with Gasteiger partial charge < -0.3 is 33.8 Å². The summed E-state index contributed by atoms with van der Waals surface area (Å²) in [5.41, 5.74) is 0. The van der Waals surface area contributed by atoms with Gasteiger partial charge in [0.25, 0.3) is 0 Å². The van der Waals surface area contributed by atoms with Crippen LogP contribution in [0.3, 0.4) is 0 Å². The molecule has 0 aliphatic carbocycles. The Hall–Kier alpha value is -1.94. The maximum Gasteiger partial charge on any atom is 0.472 e. The van der Waals surface area contributed by atoms with Crippen molar-refractivity contribution < 1.29 is 80.2 Å². The van der Waals surface area contributed by atoms with E-state index in [1.807, 2.05) is 0 Å². The quantitative estimate of drug-likeness (QED) is 0.0222. The molecule has 0 saturated carbocycles. The lowest BCUT2D eigenvalue weighted by Crippen LogP contribution is -2.30. The predicted octanol–water partition coefficient (Wildman–Crippen LogP) is 27.5. The van der Waals surface area contributed by atoms with Crippen molar-refractivity contribution in [2.75, 3.05) is 39.6 Å². The monoisotopic (exact) mass is 1580 g/mol. The van der Waals surface area contributed by atoms with Gasteiger partial charge >= 0.3 is 39.5 Å². The Balaban J connectivity index is 5.21. The molecule has 0 aromatic heterocycles. The summed E-state index contributed by atoms with van der Waals surface area (Å²) in [6, 6.07) is 0. The van der Waals surface area contributed by atoms with E-state index in [2.05, 4.69) is 34.6 Å². The van der Waals surface area contributed by atoms with Crippen LogP contribution in [0.15, 0.2) is 0 Å². The predicted molar refractivity (Wildman–Crippen MR) is 446 cm³/mol. The molecule has 0 aliphatic heterocycles. The zero-order valence-electron chi connectivity index (χ0n) is 71.0. The van der Waals surface area contributed by atoms with Gasteiger partial charge in [0, 0.05) is 25.7 Å². The molecule has 0 bridgehead atoms. The number of esters is 4. The van der Waals surface area contributed by atoms with Gasteiger partial charge in [-0.25, -0.2) is 9.13 Å². The Kier molecular flexibility index (Phi) is 80.2. The molecule has 0 aliphatic rings. The van der Waals surface area contributed by atoms with Gasteiger partial charge in [-0.05, 0) is 31.6 Å². The van der Waals surface area contributed by atoms with Gasteiger partial charge in [-0.1, -0.05) is 433 Å². The van der Waals surface area contributed by atoms with Gasteiger partial charge in [0.2, 0.25) is 0 Å². The highest BCUT2D eigenvalue weighted by Gasteiger charge is 2.31. The Morgan fingerprint density at radius 3 is 0.657 bits per heavy atom. The molecule has 17 nitrogen and oxygen atoms in total. The Morgan fingerprint density at radius 2 is 0.444 bits per heavy atom. The molecule has 3 unspecified atom stereocenters. The molecule has 0 heterocycles. The number of phosphoric acid groups is 2. The van der Waals surface area contributed by atoms with Crippen LogP contribution in [0.5, 0.6) is 0 Å². The van der Waals surface area contributed by atoms with E-state index in [1.54, 1.807) is 0 Å². The Morgan fingerprint density at radius 1 is 0.259 bits per heavy atom. The van der Waals surface area contributed by atoms with E-state index in [1.165, 1.54) is 308 Å². The van der Waals surface area contributed by atoms with Crippen molar-refractivity contribution in [2.45, 2.75) is 502 Å². The smallest absolute Gasteiger partial charge is 0.462 e.